The number of hydrogen-bond donors (Lipinski definition) is 0. The SMILES string of the molecule is COC(=O)CC(CF)c1ccc(S(=O)(=O)Cl)cc1. The normalized spacial score (nSPS) is 13.1. The molecule has 0 N–H and O–H groups in total. The van der Waals surface area contributed by atoms with E-state index < -0.39 is 27.6 Å². The number of carbonyl (C=O) groups is 1. The number of ether oxygens (including phenoxy) is 1. The maximum absolute atomic E-state index is 12.8. The third kappa shape index (κ3) is 3.96. The molecule has 0 bridgehead atoms. The average molecular weight is 295 g/mol. The van der Waals surface area contributed by atoms with Crippen molar-refractivity contribution in [3.8, 4) is 0 Å². The van der Waals surface area contributed by atoms with Gasteiger partial charge in [0.05, 0.1) is 25.1 Å². The van der Waals surface area contributed by atoms with Crippen molar-refractivity contribution in [2.45, 2.75) is 17.2 Å². The first kappa shape index (κ1) is 14.9. The molecule has 7 heteroatoms. The lowest BCUT2D eigenvalue weighted by Gasteiger charge is -2.12. The molecule has 1 unspecified atom stereocenters. The van der Waals surface area contributed by atoms with Gasteiger partial charge in [-0.1, -0.05) is 12.1 Å². The van der Waals surface area contributed by atoms with Gasteiger partial charge in [0.15, 0.2) is 0 Å². The minimum absolute atomic E-state index is 0.0661. The summed E-state index contributed by atoms with van der Waals surface area (Å²) in [7, 11) is 2.59. The third-order valence-corrected chi connectivity index (χ3v) is 3.83. The van der Waals surface area contributed by atoms with Crippen LogP contribution >= 0.6 is 10.7 Å². The smallest absolute Gasteiger partial charge is 0.306 e. The van der Waals surface area contributed by atoms with Crippen LogP contribution in [0, 0.1) is 0 Å². The predicted molar refractivity (Wildman–Crippen MR) is 64.8 cm³/mol. The molecular weight excluding hydrogens is 283 g/mol. The fourth-order valence-electron chi connectivity index (χ4n) is 1.45. The molecule has 0 aromatic heterocycles. The summed E-state index contributed by atoms with van der Waals surface area (Å²) >= 11 is 0. The van der Waals surface area contributed by atoms with Crippen LogP contribution in [0.25, 0.3) is 0 Å². The van der Waals surface area contributed by atoms with Gasteiger partial charge in [-0.05, 0) is 17.7 Å². The summed E-state index contributed by atoms with van der Waals surface area (Å²) in [6.45, 7) is -0.734. The predicted octanol–water partition coefficient (Wildman–Crippen LogP) is 2.23. The topological polar surface area (TPSA) is 60.4 Å². The molecule has 1 atom stereocenters. The third-order valence-electron chi connectivity index (χ3n) is 2.46. The Morgan fingerprint density at radius 2 is 1.94 bits per heavy atom. The van der Waals surface area contributed by atoms with Gasteiger partial charge in [-0.25, -0.2) is 8.42 Å². The zero-order chi connectivity index (χ0) is 13.8. The van der Waals surface area contributed by atoms with E-state index in [1.807, 2.05) is 0 Å². The molecule has 0 fully saturated rings. The van der Waals surface area contributed by atoms with Gasteiger partial charge in [-0.2, -0.15) is 0 Å². The van der Waals surface area contributed by atoms with Crippen LogP contribution in [-0.2, 0) is 18.6 Å². The highest BCUT2D eigenvalue weighted by Gasteiger charge is 2.17. The molecule has 1 rings (SSSR count). The molecule has 0 amide bonds. The highest BCUT2D eigenvalue weighted by Crippen LogP contribution is 2.23. The maximum atomic E-state index is 12.8. The van der Waals surface area contributed by atoms with Crippen LogP contribution in [-0.4, -0.2) is 28.2 Å². The quantitative estimate of drug-likeness (QED) is 0.617. The summed E-state index contributed by atoms with van der Waals surface area (Å²) in [6, 6.07) is 5.42. The van der Waals surface area contributed by atoms with E-state index in [-0.39, 0.29) is 11.3 Å². The molecule has 0 saturated heterocycles. The van der Waals surface area contributed by atoms with Gasteiger partial charge in [0.2, 0.25) is 0 Å². The Labute approximate surface area is 109 Å². The fraction of sp³-hybridized carbons (Fsp3) is 0.364. The summed E-state index contributed by atoms with van der Waals surface area (Å²) in [5.41, 5.74) is 0.520. The summed E-state index contributed by atoms with van der Waals surface area (Å²) < 4.78 is 39.3. The molecule has 1 aromatic rings. The van der Waals surface area contributed by atoms with E-state index in [4.69, 9.17) is 10.7 Å². The molecule has 0 spiro atoms. The maximum Gasteiger partial charge on any atom is 0.306 e. The van der Waals surface area contributed by atoms with Gasteiger partial charge in [0.1, 0.15) is 0 Å². The van der Waals surface area contributed by atoms with Crippen LogP contribution in [0.5, 0.6) is 0 Å². The van der Waals surface area contributed by atoms with E-state index in [9.17, 15) is 17.6 Å². The number of hydrogen-bond acceptors (Lipinski definition) is 4. The highest BCUT2D eigenvalue weighted by molar-refractivity contribution is 8.13. The van der Waals surface area contributed by atoms with Crippen molar-refractivity contribution < 1.29 is 22.3 Å². The molecule has 0 aliphatic carbocycles. The number of esters is 1. The van der Waals surface area contributed by atoms with Gasteiger partial charge in [-0.3, -0.25) is 9.18 Å². The van der Waals surface area contributed by atoms with Gasteiger partial charge in [0.25, 0.3) is 9.05 Å². The van der Waals surface area contributed by atoms with Crippen molar-refractivity contribution in [3.05, 3.63) is 29.8 Å². The zero-order valence-electron chi connectivity index (χ0n) is 9.60. The molecule has 0 aliphatic heterocycles. The molecule has 4 nitrogen and oxygen atoms in total. The Hall–Kier alpha value is -1.14. The molecule has 0 heterocycles. The standard InChI is InChI=1S/C11H12ClFO4S/c1-17-11(14)6-9(7-13)8-2-4-10(5-3-8)18(12,15)16/h2-5,9H,6-7H2,1H3. The Morgan fingerprint density at radius 1 is 1.39 bits per heavy atom. The highest BCUT2D eigenvalue weighted by atomic mass is 35.7. The average Bonchev–Trinajstić information content (AvgIpc) is 2.34. The minimum atomic E-state index is -3.79. The monoisotopic (exact) mass is 294 g/mol. The van der Waals surface area contributed by atoms with E-state index in [0.717, 1.165) is 0 Å². The van der Waals surface area contributed by atoms with E-state index in [0.29, 0.717) is 5.56 Å². The number of methoxy groups -OCH3 is 1. The zero-order valence-corrected chi connectivity index (χ0v) is 11.2. The van der Waals surface area contributed by atoms with Crippen LogP contribution in [0.4, 0.5) is 4.39 Å². The summed E-state index contributed by atoms with van der Waals surface area (Å²) in [5.74, 6) is -1.17. The molecule has 0 saturated carbocycles. The van der Waals surface area contributed by atoms with E-state index in [2.05, 4.69) is 4.74 Å². The van der Waals surface area contributed by atoms with Crippen LogP contribution in [0.1, 0.15) is 17.9 Å². The van der Waals surface area contributed by atoms with Gasteiger partial charge >= 0.3 is 5.97 Å². The largest absolute Gasteiger partial charge is 0.469 e. The van der Waals surface area contributed by atoms with Crippen molar-refractivity contribution in [3.63, 3.8) is 0 Å². The number of carbonyl (C=O) groups excluding carboxylic acids is 1. The van der Waals surface area contributed by atoms with E-state index >= 15 is 0 Å². The van der Waals surface area contributed by atoms with Crippen molar-refractivity contribution in [1.29, 1.82) is 0 Å². The summed E-state index contributed by atoms with van der Waals surface area (Å²) in [6.07, 6.45) is -0.0973. The molecule has 0 radical (unpaired) electrons. The minimum Gasteiger partial charge on any atom is -0.469 e. The van der Waals surface area contributed by atoms with Gasteiger partial charge < -0.3 is 4.74 Å². The fourth-order valence-corrected chi connectivity index (χ4v) is 2.22. The Morgan fingerprint density at radius 3 is 2.33 bits per heavy atom. The van der Waals surface area contributed by atoms with Crippen LogP contribution in [0.3, 0.4) is 0 Å². The Kier molecular flexibility index (Phi) is 5.10. The lowest BCUT2D eigenvalue weighted by atomic mass is 9.97. The Balaban J connectivity index is 2.92. The lowest BCUT2D eigenvalue weighted by molar-refractivity contribution is -0.141. The van der Waals surface area contributed by atoms with E-state index in [1.165, 1.54) is 31.4 Å². The number of halogens is 2. The molecular formula is C11H12ClFO4S. The summed E-state index contributed by atoms with van der Waals surface area (Å²) in [5, 5.41) is 0. The van der Waals surface area contributed by atoms with Crippen LogP contribution in [0.15, 0.2) is 29.2 Å². The second kappa shape index (κ2) is 6.15. The van der Waals surface area contributed by atoms with Crippen LogP contribution < -0.4 is 0 Å². The second-order valence-electron chi connectivity index (χ2n) is 3.64. The first-order valence-corrected chi connectivity index (χ1v) is 7.36. The molecule has 1 aromatic carbocycles. The first-order valence-electron chi connectivity index (χ1n) is 5.06. The molecule has 0 aliphatic rings. The number of benzene rings is 1. The van der Waals surface area contributed by atoms with Crippen molar-refractivity contribution >= 4 is 25.7 Å². The summed E-state index contributed by atoms with van der Waals surface area (Å²) in [4.78, 5) is 11.0. The molecule has 18 heavy (non-hydrogen) atoms. The number of alkyl halides is 1. The van der Waals surface area contributed by atoms with Crippen molar-refractivity contribution in [1.82, 2.24) is 0 Å². The molecule has 100 valence electrons. The Bertz CT molecular complexity index is 512. The van der Waals surface area contributed by atoms with Crippen molar-refractivity contribution in [2.75, 3.05) is 13.8 Å². The van der Waals surface area contributed by atoms with Crippen LogP contribution in [0.2, 0.25) is 0 Å². The lowest BCUT2D eigenvalue weighted by Crippen LogP contribution is -2.10. The van der Waals surface area contributed by atoms with Gasteiger partial charge in [0, 0.05) is 16.6 Å². The van der Waals surface area contributed by atoms with E-state index in [1.54, 1.807) is 0 Å². The number of rotatable bonds is 5. The first-order chi connectivity index (χ1) is 8.38. The second-order valence-corrected chi connectivity index (χ2v) is 6.20. The van der Waals surface area contributed by atoms with Gasteiger partial charge in [-0.15, -0.1) is 0 Å². The van der Waals surface area contributed by atoms with Crippen molar-refractivity contribution in [2.24, 2.45) is 0 Å².